The van der Waals surface area contributed by atoms with Crippen molar-refractivity contribution in [3.05, 3.63) is 23.3 Å². The van der Waals surface area contributed by atoms with Crippen LogP contribution in [-0.2, 0) is 4.74 Å². The molecule has 0 heterocycles. The highest BCUT2D eigenvalue weighted by Gasteiger charge is 2.19. The van der Waals surface area contributed by atoms with Crippen LogP contribution in [0, 0.1) is 0 Å². The number of phenols is 2. The van der Waals surface area contributed by atoms with E-state index in [-0.39, 0.29) is 18.8 Å². The molecule has 0 bridgehead atoms. The van der Waals surface area contributed by atoms with Crippen LogP contribution in [0.25, 0.3) is 0 Å². The van der Waals surface area contributed by atoms with Crippen molar-refractivity contribution in [1.29, 1.82) is 0 Å². The van der Waals surface area contributed by atoms with Crippen molar-refractivity contribution in [2.24, 2.45) is 0 Å². The van der Waals surface area contributed by atoms with Gasteiger partial charge in [0.1, 0.15) is 22.6 Å². The molecule has 0 atom stereocenters. The summed E-state index contributed by atoms with van der Waals surface area (Å²) in [5.74, 6) is -3.42. The molecule has 0 spiro atoms. The van der Waals surface area contributed by atoms with Crippen LogP contribution in [-0.4, -0.2) is 45.6 Å². The van der Waals surface area contributed by atoms with Crippen molar-refractivity contribution >= 4 is 11.9 Å². The number of ether oxygens (including phenoxy) is 1. The number of rotatable bonds is 8. The van der Waals surface area contributed by atoms with Crippen molar-refractivity contribution in [3.8, 4) is 11.5 Å². The van der Waals surface area contributed by atoms with Crippen molar-refractivity contribution < 1.29 is 34.8 Å². The molecule has 1 aromatic carbocycles. The molecule has 1 rings (SSSR count). The molecular formula is C14H18O7. The number of benzene rings is 1. The highest BCUT2D eigenvalue weighted by Crippen LogP contribution is 2.27. The lowest BCUT2D eigenvalue weighted by Gasteiger charge is -2.08. The molecule has 0 amide bonds. The predicted octanol–water partition coefficient (Wildman–Crippen LogP) is 1.51. The quantitative estimate of drug-likeness (QED) is 0.325. The van der Waals surface area contributed by atoms with E-state index in [0.29, 0.717) is 12.8 Å². The molecule has 4 N–H and O–H groups in total. The zero-order valence-electron chi connectivity index (χ0n) is 11.4. The van der Waals surface area contributed by atoms with Crippen LogP contribution in [0.4, 0.5) is 0 Å². The smallest absolute Gasteiger partial charge is 0.342 e. The summed E-state index contributed by atoms with van der Waals surface area (Å²) < 4.78 is 4.92. The van der Waals surface area contributed by atoms with E-state index >= 15 is 0 Å². The van der Waals surface area contributed by atoms with Gasteiger partial charge in [0.25, 0.3) is 0 Å². The Morgan fingerprint density at radius 2 is 1.52 bits per heavy atom. The molecule has 0 saturated heterocycles. The van der Waals surface area contributed by atoms with Gasteiger partial charge in [0.05, 0.1) is 6.61 Å². The number of carbonyl (C=O) groups excluding carboxylic acids is 1. The Morgan fingerprint density at radius 3 is 2.14 bits per heavy atom. The summed E-state index contributed by atoms with van der Waals surface area (Å²) in [5, 5.41) is 36.4. The Hall–Kier alpha value is -2.28. The molecule has 7 heteroatoms. The van der Waals surface area contributed by atoms with E-state index in [1.807, 2.05) is 0 Å². The third-order valence-electron chi connectivity index (χ3n) is 2.85. The summed E-state index contributed by atoms with van der Waals surface area (Å²) in [6, 6.07) is 1.67. The maximum absolute atomic E-state index is 11.7. The molecule has 0 unspecified atom stereocenters. The average molecular weight is 298 g/mol. The SMILES string of the molecule is O=C(O)c1cc(O)c(C(=O)OCCCCCCO)cc1O. The molecular weight excluding hydrogens is 280 g/mol. The summed E-state index contributed by atoms with van der Waals surface area (Å²) in [7, 11) is 0. The highest BCUT2D eigenvalue weighted by molar-refractivity contribution is 5.97. The molecule has 0 fully saturated rings. The van der Waals surface area contributed by atoms with E-state index in [0.717, 1.165) is 25.0 Å². The van der Waals surface area contributed by atoms with Gasteiger partial charge in [-0.1, -0.05) is 6.42 Å². The van der Waals surface area contributed by atoms with Gasteiger partial charge in [0.15, 0.2) is 0 Å². The third-order valence-corrected chi connectivity index (χ3v) is 2.85. The molecule has 0 aliphatic heterocycles. The predicted molar refractivity (Wildman–Crippen MR) is 72.6 cm³/mol. The molecule has 0 radical (unpaired) electrons. The molecule has 0 saturated carbocycles. The van der Waals surface area contributed by atoms with Crippen LogP contribution in [0.1, 0.15) is 46.4 Å². The number of hydrogen-bond donors (Lipinski definition) is 4. The number of aliphatic hydroxyl groups is 1. The standard InChI is InChI=1S/C14H18O7/c15-5-3-1-2-4-6-21-14(20)10-8-11(16)9(13(18)19)7-12(10)17/h7-8,15-17H,1-6H2,(H,18,19). The van der Waals surface area contributed by atoms with E-state index in [2.05, 4.69) is 0 Å². The van der Waals surface area contributed by atoms with E-state index in [4.69, 9.17) is 14.9 Å². The van der Waals surface area contributed by atoms with E-state index in [1.165, 1.54) is 0 Å². The van der Waals surface area contributed by atoms with Gasteiger partial charge < -0.3 is 25.2 Å². The Morgan fingerprint density at radius 1 is 0.952 bits per heavy atom. The summed E-state index contributed by atoms with van der Waals surface area (Å²) in [4.78, 5) is 22.5. The largest absolute Gasteiger partial charge is 0.507 e. The maximum Gasteiger partial charge on any atom is 0.342 e. The summed E-state index contributed by atoms with van der Waals surface area (Å²) in [5.41, 5.74) is -0.777. The van der Waals surface area contributed by atoms with Gasteiger partial charge in [0, 0.05) is 6.61 Å². The van der Waals surface area contributed by atoms with Gasteiger partial charge in [-0.15, -0.1) is 0 Å². The Balaban J connectivity index is 2.58. The van der Waals surface area contributed by atoms with Crippen LogP contribution < -0.4 is 0 Å². The van der Waals surface area contributed by atoms with Crippen LogP contribution in [0.5, 0.6) is 11.5 Å². The highest BCUT2D eigenvalue weighted by atomic mass is 16.5. The molecule has 0 aromatic heterocycles. The molecule has 1 aromatic rings. The third kappa shape index (κ3) is 4.96. The molecule has 116 valence electrons. The Labute approximate surface area is 121 Å². The number of aromatic carboxylic acids is 1. The number of carbonyl (C=O) groups is 2. The lowest BCUT2D eigenvalue weighted by Crippen LogP contribution is -2.08. The molecule has 0 aliphatic rings. The number of aromatic hydroxyl groups is 2. The lowest BCUT2D eigenvalue weighted by molar-refractivity contribution is 0.0492. The van der Waals surface area contributed by atoms with Crippen molar-refractivity contribution in [1.82, 2.24) is 0 Å². The van der Waals surface area contributed by atoms with Crippen LogP contribution >= 0.6 is 0 Å². The fourth-order valence-corrected chi connectivity index (χ4v) is 1.72. The number of phenolic OH excluding ortho intramolecular Hbond substituents is 1. The number of aliphatic hydroxyl groups excluding tert-OH is 1. The Kier molecular flexibility index (Phi) is 6.48. The number of esters is 1. The van der Waals surface area contributed by atoms with Gasteiger partial charge >= 0.3 is 11.9 Å². The minimum Gasteiger partial charge on any atom is -0.507 e. The second-order valence-electron chi connectivity index (χ2n) is 4.47. The monoisotopic (exact) mass is 298 g/mol. The van der Waals surface area contributed by atoms with Crippen LogP contribution in [0.2, 0.25) is 0 Å². The molecule has 21 heavy (non-hydrogen) atoms. The first-order valence-corrected chi connectivity index (χ1v) is 6.54. The van der Waals surface area contributed by atoms with E-state index in [9.17, 15) is 19.8 Å². The zero-order chi connectivity index (χ0) is 15.8. The van der Waals surface area contributed by atoms with Gasteiger partial charge in [-0.3, -0.25) is 0 Å². The van der Waals surface area contributed by atoms with Crippen LogP contribution in [0.15, 0.2) is 12.1 Å². The fraction of sp³-hybridized carbons (Fsp3) is 0.429. The molecule has 7 nitrogen and oxygen atoms in total. The maximum atomic E-state index is 11.7. The second-order valence-corrected chi connectivity index (χ2v) is 4.47. The summed E-state index contributed by atoms with van der Waals surface area (Å²) in [6.45, 7) is 0.272. The van der Waals surface area contributed by atoms with Gasteiger partial charge in [-0.05, 0) is 31.4 Å². The van der Waals surface area contributed by atoms with Gasteiger partial charge in [-0.25, -0.2) is 9.59 Å². The number of hydrogen-bond acceptors (Lipinski definition) is 6. The van der Waals surface area contributed by atoms with Gasteiger partial charge in [0.2, 0.25) is 0 Å². The first kappa shape index (κ1) is 16.8. The second kappa shape index (κ2) is 8.11. The number of carboxylic acid groups (broad SMARTS) is 1. The van der Waals surface area contributed by atoms with Crippen molar-refractivity contribution in [3.63, 3.8) is 0 Å². The minimum absolute atomic E-state index is 0.128. The fourth-order valence-electron chi connectivity index (χ4n) is 1.72. The molecule has 0 aliphatic carbocycles. The Bertz CT molecular complexity index is 510. The summed E-state index contributed by atoms with van der Waals surface area (Å²) >= 11 is 0. The zero-order valence-corrected chi connectivity index (χ0v) is 11.4. The van der Waals surface area contributed by atoms with Crippen LogP contribution in [0.3, 0.4) is 0 Å². The average Bonchev–Trinajstić information content (AvgIpc) is 2.44. The first-order valence-electron chi connectivity index (χ1n) is 6.54. The topological polar surface area (TPSA) is 124 Å². The van der Waals surface area contributed by atoms with Crippen molar-refractivity contribution in [2.45, 2.75) is 25.7 Å². The minimum atomic E-state index is -1.41. The lowest BCUT2D eigenvalue weighted by atomic mass is 10.1. The normalized spacial score (nSPS) is 10.3. The number of unbranched alkanes of at least 4 members (excludes halogenated alkanes) is 3. The van der Waals surface area contributed by atoms with E-state index < -0.39 is 29.0 Å². The van der Waals surface area contributed by atoms with Gasteiger partial charge in [-0.2, -0.15) is 0 Å². The number of carboxylic acids is 1. The summed E-state index contributed by atoms with van der Waals surface area (Å²) in [6.07, 6.45) is 2.93. The first-order chi connectivity index (χ1) is 9.97. The van der Waals surface area contributed by atoms with Crippen molar-refractivity contribution in [2.75, 3.05) is 13.2 Å². The van der Waals surface area contributed by atoms with E-state index in [1.54, 1.807) is 0 Å².